The van der Waals surface area contributed by atoms with Crippen molar-refractivity contribution in [1.29, 1.82) is 0 Å². The summed E-state index contributed by atoms with van der Waals surface area (Å²) in [5, 5.41) is 1.22. The molecule has 0 bridgehead atoms. The molecule has 4 aromatic carbocycles. The van der Waals surface area contributed by atoms with E-state index in [2.05, 4.69) is 0 Å². The van der Waals surface area contributed by atoms with Crippen LogP contribution in [0.1, 0.15) is 0 Å². The monoisotopic (exact) mass is 490 g/mol. The predicted molar refractivity (Wildman–Crippen MR) is 149 cm³/mol. The van der Waals surface area contributed by atoms with E-state index >= 15 is 0 Å². The van der Waals surface area contributed by atoms with Gasteiger partial charge in [-0.1, -0.05) is 84.9 Å². The van der Waals surface area contributed by atoms with Gasteiger partial charge in [0.1, 0.15) is 0 Å². The fourth-order valence-corrected chi connectivity index (χ4v) is 5.20. The van der Waals surface area contributed by atoms with Crippen molar-refractivity contribution in [2.24, 2.45) is 0 Å². The standard InChI is InChI=1S/C31H18N6O/c38-30-21-15-7-8-16-22(21)32-28-25-26(19-11-3-1-4-12-19)34-27(20-13-5-2-6-14-20)35-29(25)36-24-18-10-9-17-23(24)33-31(36)37(28)30/h1-18H. The van der Waals surface area contributed by atoms with Gasteiger partial charge in [0.25, 0.3) is 5.56 Å². The van der Waals surface area contributed by atoms with E-state index in [4.69, 9.17) is 19.9 Å². The number of aromatic nitrogens is 6. The first-order chi connectivity index (χ1) is 18.8. The Morgan fingerprint density at radius 2 is 1.16 bits per heavy atom. The zero-order valence-electron chi connectivity index (χ0n) is 20.0. The molecule has 7 nitrogen and oxygen atoms in total. The minimum atomic E-state index is -0.182. The number of hydrogen-bond acceptors (Lipinski definition) is 5. The maximum atomic E-state index is 14.0. The van der Waals surface area contributed by atoms with Gasteiger partial charge in [-0.05, 0) is 24.3 Å². The van der Waals surface area contributed by atoms with Crippen LogP contribution < -0.4 is 5.56 Å². The molecule has 4 heterocycles. The molecule has 4 aromatic heterocycles. The summed E-state index contributed by atoms with van der Waals surface area (Å²) in [5.41, 5.74) is 5.68. The lowest BCUT2D eigenvalue weighted by Gasteiger charge is -2.14. The van der Waals surface area contributed by atoms with Crippen molar-refractivity contribution in [2.45, 2.75) is 0 Å². The molecule has 0 fully saturated rings. The second-order valence-electron chi connectivity index (χ2n) is 9.16. The maximum absolute atomic E-state index is 14.0. The van der Waals surface area contributed by atoms with Crippen molar-refractivity contribution >= 4 is 44.4 Å². The van der Waals surface area contributed by atoms with Gasteiger partial charge in [0.2, 0.25) is 5.78 Å². The van der Waals surface area contributed by atoms with Gasteiger partial charge in [-0.2, -0.15) is 0 Å². The van der Waals surface area contributed by atoms with Crippen LogP contribution in [0.15, 0.2) is 114 Å². The van der Waals surface area contributed by atoms with E-state index in [1.54, 1.807) is 10.5 Å². The predicted octanol–water partition coefficient (Wildman–Crippen LogP) is 5.93. The van der Waals surface area contributed by atoms with Crippen LogP contribution in [0.3, 0.4) is 0 Å². The zero-order valence-corrected chi connectivity index (χ0v) is 20.0. The van der Waals surface area contributed by atoms with Crippen LogP contribution in [0.4, 0.5) is 0 Å². The highest BCUT2D eigenvalue weighted by Crippen LogP contribution is 2.34. The van der Waals surface area contributed by atoms with Gasteiger partial charge in [-0.15, -0.1) is 0 Å². The SMILES string of the molecule is O=c1c2ccccc2nc2c3c(-c4ccccc4)nc(-c4ccccc4)nc3n3c4ccccc4nc3n12. The first kappa shape index (κ1) is 20.7. The van der Waals surface area contributed by atoms with Gasteiger partial charge in [0.05, 0.1) is 33.0 Å². The van der Waals surface area contributed by atoms with Crippen molar-refractivity contribution in [1.82, 2.24) is 28.7 Å². The molecular weight excluding hydrogens is 472 g/mol. The Morgan fingerprint density at radius 1 is 0.526 bits per heavy atom. The van der Waals surface area contributed by atoms with Gasteiger partial charge < -0.3 is 0 Å². The molecule has 0 aliphatic rings. The molecule has 0 saturated carbocycles. The normalized spacial score (nSPS) is 11.8. The van der Waals surface area contributed by atoms with Gasteiger partial charge in [0.15, 0.2) is 17.1 Å². The Morgan fingerprint density at radius 3 is 1.95 bits per heavy atom. The Kier molecular flexibility index (Phi) is 4.25. The van der Waals surface area contributed by atoms with E-state index in [0.29, 0.717) is 44.9 Å². The fraction of sp³-hybridized carbons (Fsp3) is 0. The van der Waals surface area contributed by atoms with Gasteiger partial charge >= 0.3 is 0 Å². The molecule has 0 amide bonds. The summed E-state index contributed by atoms with van der Waals surface area (Å²) in [6.07, 6.45) is 0. The van der Waals surface area contributed by atoms with Gasteiger partial charge in [-0.3, -0.25) is 9.20 Å². The van der Waals surface area contributed by atoms with Gasteiger partial charge in [0, 0.05) is 11.1 Å². The van der Waals surface area contributed by atoms with Crippen LogP contribution in [0.2, 0.25) is 0 Å². The molecule has 7 heteroatoms. The molecule has 0 unspecified atom stereocenters. The summed E-state index contributed by atoms with van der Waals surface area (Å²) in [6, 6.07) is 35.1. The van der Waals surface area contributed by atoms with E-state index in [-0.39, 0.29) is 5.56 Å². The summed E-state index contributed by atoms with van der Waals surface area (Å²) < 4.78 is 3.55. The molecule has 0 N–H and O–H groups in total. The number of benzene rings is 4. The molecule has 0 radical (unpaired) electrons. The van der Waals surface area contributed by atoms with Crippen LogP contribution in [0, 0.1) is 0 Å². The summed E-state index contributed by atoms with van der Waals surface area (Å²) in [4.78, 5) is 34.1. The maximum Gasteiger partial charge on any atom is 0.268 e. The molecule has 0 atom stereocenters. The summed E-state index contributed by atoms with van der Waals surface area (Å²) in [7, 11) is 0. The number of imidazole rings is 1. The number of nitrogens with zero attached hydrogens (tertiary/aromatic N) is 6. The fourth-order valence-electron chi connectivity index (χ4n) is 5.20. The summed E-state index contributed by atoms with van der Waals surface area (Å²) in [5.74, 6) is 1.05. The number of hydrogen-bond donors (Lipinski definition) is 0. The molecule has 8 rings (SSSR count). The van der Waals surface area contributed by atoms with Crippen LogP contribution in [0.5, 0.6) is 0 Å². The minimum absolute atomic E-state index is 0.182. The lowest BCUT2D eigenvalue weighted by Crippen LogP contribution is -2.19. The molecular formula is C31H18N6O. The smallest absolute Gasteiger partial charge is 0.268 e. The Balaban J connectivity index is 1.71. The Labute approximate surface area is 215 Å². The van der Waals surface area contributed by atoms with Gasteiger partial charge in [-0.25, -0.2) is 24.3 Å². The molecule has 0 saturated heterocycles. The van der Waals surface area contributed by atoms with Crippen LogP contribution in [-0.2, 0) is 0 Å². The van der Waals surface area contributed by atoms with Crippen LogP contribution in [0.25, 0.3) is 67.0 Å². The second-order valence-corrected chi connectivity index (χ2v) is 9.16. The lowest BCUT2D eigenvalue weighted by molar-refractivity contribution is 1.03. The van der Waals surface area contributed by atoms with Crippen molar-refractivity contribution in [3.63, 3.8) is 0 Å². The van der Waals surface area contributed by atoms with E-state index in [1.807, 2.05) is 108 Å². The number of rotatable bonds is 2. The summed E-state index contributed by atoms with van der Waals surface area (Å²) >= 11 is 0. The van der Waals surface area contributed by atoms with E-state index < -0.39 is 0 Å². The number of fused-ring (bicyclic) bond motifs is 9. The van der Waals surface area contributed by atoms with Crippen molar-refractivity contribution in [3.8, 4) is 22.6 Å². The largest absolute Gasteiger partial charge is 0.268 e. The van der Waals surface area contributed by atoms with E-state index in [0.717, 1.165) is 22.2 Å². The third kappa shape index (κ3) is 2.87. The molecule has 0 aliphatic carbocycles. The molecule has 178 valence electrons. The van der Waals surface area contributed by atoms with Crippen LogP contribution in [-0.4, -0.2) is 28.7 Å². The minimum Gasteiger partial charge on any atom is -0.268 e. The van der Waals surface area contributed by atoms with Crippen molar-refractivity contribution in [2.75, 3.05) is 0 Å². The van der Waals surface area contributed by atoms with Crippen LogP contribution >= 0.6 is 0 Å². The molecule has 0 aliphatic heterocycles. The average Bonchev–Trinajstić information content (AvgIpc) is 3.37. The molecule has 0 spiro atoms. The van der Waals surface area contributed by atoms with Crippen molar-refractivity contribution < 1.29 is 0 Å². The lowest BCUT2D eigenvalue weighted by atomic mass is 10.1. The van der Waals surface area contributed by atoms with E-state index in [9.17, 15) is 4.79 Å². The molecule has 38 heavy (non-hydrogen) atoms. The highest BCUT2D eigenvalue weighted by molar-refractivity contribution is 6.05. The van der Waals surface area contributed by atoms with E-state index in [1.165, 1.54) is 0 Å². The average molecular weight is 491 g/mol. The zero-order chi connectivity index (χ0) is 25.2. The summed E-state index contributed by atoms with van der Waals surface area (Å²) in [6.45, 7) is 0. The Bertz CT molecular complexity index is 2250. The number of para-hydroxylation sites is 3. The highest BCUT2D eigenvalue weighted by atomic mass is 16.1. The Hall–Kier alpha value is -5.43. The first-order valence-corrected chi connectivity index (χ1v) is 12.3. The highest BCUT2D eigenvalue weighted by Gasteiger charge is 2.23. The quantitative estimate of drug-likeness (QED) is 0.222. The molecule has 8 aromatic rings. The third-order valence-corrected chi connectivity index (χ3v) is 6.92. The topological polar surface area (TPSA) is 77.5 Å². The second kappa shape index (κ2) is 7.78. The third-order valence-electron chi connectivity index (χ3n) is 6.92. The first-order valence-electron chi connectivity index (χ1n) is 12.3. The van der Waals surface area contributed by atoms with Crippen molar-refractivity contribution in [3.05, 3.63) is 120 Å².